The van der Waals surface area contributed by atoms with E-state index in [1.165, 1.54) is 39.0 Å². The molecule has 0 saturated carbocycles. The van der Waals surface area contributed by atoms with Crippen molar-refractivity contribution in [3.63, 3.8) is 0 Å². The highest BCUT2D eigenvalue weighted by molar-refractivity contribution is 5.81. The molecule has 0 nitrogen and oxygen atoms in total. The lowest BCUT2D eigenvalue weighted by molar-refractivity contribution is 1.21. The van der Waals surface area contributed by atoms with Gasteiger partial charge < -0.3 is 0 Å². The number of aryl methyl sites for hydroxylation is 3. The minimum absolute atomic E-state index is 0. The van der Waals surface area contributed by atoms with Gasteiger partial charge in [0, 0.05) is 0 Å². The van der Waals surface area contributed by atoms with Crippen LogP contribution in [-0.4, -0.2) is 0 Å². The second-order valence-electron chi connectivity index (χ2n) is 8.19. The third kappa shape index (κ3) is 9.22. The summed E-state index contributed by atoms with van der Waals surface area (Å²) in [6, 6.07) is 15.0. The third-order valence-electron chi connectivity index (χ3n) is 4.82. The van der Waals surface area contributed by atoms with Crippen LogP contribution in [-0.2, 0) is 0 Å². The van der Waals surface area contributed by atoms with Gasteiger partial charge >= 0.3 is 0 Å². The minimum atomic E-state index is 0. The Hall–Kier alpha value is -2.86. The van der Waals surface area contributed by atoms with E-state index in [1.807, 2.05) is 20.8 Å². The van der Waals surface area contributed by atoms with Crippen LogP contribution in [0.5, 0.6) is 0 Å². The van der Waals surface area contributed by atoms with Gasteiger partial charge in [-0.15, -0.1) is 0 Å². The third-order valence-corrected chi connectivity index (χ3v) is 4.82. The maximum Gasteiger partial charge on any atom is -0.0152 e. The molecule has 0 radical (unpaired) electrons. The molecule has 0 fully saturated rings. The second-order valence-corrected chi connectivity index (χ2v) is 8.19. The molecule has 2 aromatic rings. The quantitative estimate of drug-likeness (QED) is 0.412. The predicted octanol–water partition coefficient (Wildman–Crippen LogP) is 9.84. The maximum absolute atomic E-state index is 4.02. The van der Waals surface area contributed by atoms with E-state index in [0.717, 1.165) is 23.1 Å². The summed E-state index contributed by atoms with van der Waals surface area (Å²) in [5.41, 5.74) is 12.3. The summed E-state index contributed by atoms with van der Waals surface area (Å²) in [4.78, 5) is 0. The van der Waals surface area contributed by atoms with Gasteiger partial charge in [0.05, 0.1) is 0 Å². The first-order valence-corrected chi connectivity index (χ1v) is 10.6. The standard InChI is InChI=1S/C15H18.C15H20.CH4/c1-11(2)10-15(12(3)4)14-9-7-6-8-13(14)5;1-6-14(9-11(2)3)15-8-7-12(4)10-13(15)5;/h6-10H,1,3H2,2,4-5H3;7-10H,2,6H2,1,3-5H3;1H4/b15-10-;14-9-;. The largest absolute Gasteiger partial charge is 0.0961 e. The molecule has 31 heavy (non-hydrogen) atoms. The molecule has 0 atom stereocenters. The van der Waals surface area contributed by atoms with Crippen molar-refractivity contribution in [2.24, 2.45) is 0 Å². The molecular weight excluding hydrogens is 372 g/mol. The molecule has 0 spiro atoms. The highest BCUT2D eigenvalue weighted by Gasteiger charge is 2.05. The predicted molar refractivity (Wildman–Crippen MR) is 145 cm³/mol. The minimum Gasteiger partial charge on any atom is -0.0961 e. The molecule has 2 aromatic carbocycles. The van der Waals surface area contributed by atoms with E-state index in [1.54, 1.807) is 0 Å². The first-order valence-electron chi connectivity index (χ1n) is 10.6. The van der Waals surface area contributed by atoms with E-state index in [-0.39, 0.29) is 7.43 Å². The Morgan fingerprint density at radius 2 is 1.35 bits per heavy atom. The highest BCUT2D eigenvalue weighted by Crippen LogP contribution is 2.26. The van der Waals surface area contributed by atoms with Crippen molar-refractivity contribution < 1.29 is 0 Å². The van der Waals surface area contributed by atoms with E-state index < -0.39 is 0 Å². The van der Waals surface area contributed by atoms with Gasteiger partial charge in [-0.2, -0.15) is 0 Å². The maximum atomic E-state index is 4.02. The van der Waals surface area contributed by atoms with Gasteiger partial charge in [0.15, 0.2) is 0 Å². The molecule has 0 aliphatic carbocycles. The topological polar surface area (TPSA) is 0 Å². The Morgan fingerprint density at radius 1 is 0.774 bits per heavy atom. The second kappa shape index (κ2) is 13.4. The van der Waals surface area contributed by atoms with E-state index in [4.69, 9.17) is 0 Å². The number of hydrogen-bond acceptors (Lipinski definition) is 0. The van der Waals surface area contributed by atoms with E-state index in [2.05, 4.69) is 102 Å². The fourth-order valence-electron chi connectivity index (χ4n) is 3.39. The zero-order valence-electron chi connectivity index (χ0n) is 20.0. The van der Waals surface area contributed by atoms with Crippen LogP contribution >= 0.6 is 0 Å². The van der Waals surface area contributed by atoms with Crippen LogP contribution in [0.4, 0.5) is 0 Å². The zero-order chi connectivity index (χ0) is 22.8. The van der Waals surface area contributed by atoms with Crippen molar-refractivity contribution in [2.45, 2.75) is 62.3 Å². The number of rotatable bonds is 6. The average Bonchev–Trinajstić information content (AvgIpc) is 2.65. The van der Waals surface area contributed by atoms with Crippen molar-refractivity contribution in [2.75, 3.05) is 0 Å². The summed E-state index contributed by atoms with van der Waals surface area (Å²) in [6.07, 6.45) is 5.32. The molecular formula is C31H42. The summed E-state index contributed by atoms with van der Waals surface area (Å²) in [5.74, 6) is 0. The molecule has 0 N–H and O–H groups in total. The number of benzene rings is 2. The van der Waals surface area contributed by atoms with Gasteiger partial charge in [0.25, 0.3) is 0 Å². The lowest BCUT2D eigenvalue weighted by Crippen LogP contribution is -1.90. The summed E-state index contributed by atoms with van der Waals surface area (Å²) in [5, 5.41) is 0. The fraction of sp³-hybridized carbons (Fsp3) is 0.290. The smallest absolute Gasteiger partial charge is 0.0152 e. The van der Waals surface area contributed by atoms with Crippen molar-refractivity contribution >= 4 is 11.1 Å². The Morgan fingerprint density at radius 3 is 1.81 bits per heavy atom. The zero-order valence-corrected chi connectivity index (χ0v) is 20.0. The van der Waals surface area contributed by atoms with E-state index in [0.29, 0.717) is 0 Å². The molecule has 0 aliphatic heterocycles. The Kier molecular flexibility index (Phi) is 12.2. The van der Waals surface area contributed by atoms with Crippen molar-refractivity contribution in [1.29, 1.82) is 0 Å². The van der Waals surface area contributed by atoms with Gasteiger partial charge in [-0.1, -0.05) is 111 Å². The average molecular weight is 415 g/mol. The fourth-order valence-corrected chi connectivity index (χ4v) is 3.39. The Bertz CT molecular complexity index is 977. The van der Waals surface area contributed by atoms with Crippen LogP contribution < -0.4 is 0 Å². The van der Waals surface area contributed by atoms with Gasteiger partial charge in [0.1, 0.15) is 0 Å². The molecule has 166 valence electrons. The van der Waals surface area contributed by atoms with Gasteiger partial charge in [-0.3, -0.25) is 0 Å². The van der Waals surface area contributed by atoms with E-state index in [9.17, 15) is 0 Å². The number of hydrogen-bond donors (Lipinski definition) is 0. The summed E-state index contributed by atoms with van der Waals surface area (Å²) >= 11 is 0. The number of allylic oxidation sites excluding steroid dienone is 7. The molecule has 0 saturated heterocycles. The first-order chi connectivity index (χ1) is 14.1. The Balaban J connectivity index is 0.000000562. The van der Waals surface area contributed by atoms with Crippen LogP contribution in [0.25, 0.3) is 11.1 Å². The van der Waals surface area contributed by atoms with Gasteiger partial charge in [-0.05, 0) is 81.4 Å². The normalized spacial score (nSPS) is 11.1. The highest BCUT2D eigenvalue weighted by atomic mass is 14.1. The molecule has 0 aliphatic rings. The van der Waals surface area contributed by atoms with Crippen molar-refractivity contribution in [3.8, 4) is 0 Å². The molecule has 0 bridgehead atoms. The molecule has 2 rings (SSSR count). The molecule has 0 heteroatoms. The van der Waals surface area contributed by atoms with Crippen molar-refractivity contribution in [3.05, 3.63) is 119 Å². The molecule has 0 amide bonds. The summed E-state index contributed by atoms with van der Waals surface area (Å²) < 4.78 is 0. The summed E-state index contributed by atoms with van der Waals surface area (Å²) in [7, 11) is 0. The monoisotopic (exact) mass is 414 g/mol. The van der Waals surface area contributed by atoms with Crippen LogP contribution in [0, 0.1) is 20.8 Å². The lowest BCUT2D eigenvalue weighted by atomic mass is 9.94. The summed E-state index contributed by atoms with van der Waals surface area (Å²) in [6.45, 7) is 26.5. The van der Waals surface area contributed by atoms with Crippen molar-refractivity contribution in [1.82, 2.24) is 0 Å². The first kappa shape index (κ1) is 28.1. The lowest BCUT2D eigenvalue weighted by Gasteiger charge is -2.10. The molecule has 0 heterocycles. The van der Waals surface area contributed by atoms with Crippen LogP contribution in [0.2, 0.25) is 0 Å². The van der Waals surface area contributed by atoms with Gasteiger partial charge in [0.2, 0.25) is 0 Å². The molecule has 0 aromatic heterocycles. The van der Waals surface area contributed by atoms with E-state index >= 15 is 0 Å². The molecule has 0 unspecified atom stereocenters. The Labute approximate surface area is 192 Å². The van der Waals surface area contributed by atoms with Crippen LogP contribution in [0.15, 0.2) is 91.1 Å². The SMILES string of the molecule is C.C=C(C)/C=C(/C(=C)C)c1ccccc1C.C=C(C)/C=C(/CC)c1ccc(C)cc1C. The van der Waals surface area contributed by atoms with Crippen LogP contribution in [0.3, 0.4) is 0 Å². The van der Waals surface area contributed by atoms with Crippen LogP contribution in [0.1, 0.15) is 69.4 Å². The van der Waals surface area contributed by atoms with Gasteiger partial charge in [-0.25, -0.2) is 0 Å².